The zero-order chi connectivity index (χ0) is 23.7. The van der Waals surface area contributed by atoms with E-state index in [2.05, 4.69) is 20.6 Å². The Labute approximate surface area is 185 Å². The van der Waals surface area contributed by atoms with Crippen LogP contribution in [-0.2, 0) is 24.0 Å². The molecule has 0 aliphatic carbocycles. The maximum absolute atomic E-state index is 10.2. The van der Waals surface area contributed by atoms with Crippen LogP contribution in [0.15, 0.2) is 24.3 Å². The molecule has 1 fully saturated rings. The fourth-order valence-electron chi connectivity index (χ4n) is 1.42. The van der Waals surface area contributed by atoms with Crippen LogP contribution in [0.25, 0.3) is 11.0 Å². The van der Waals surface area contributed by atoms with Crippen molar-refractivity contribution >= 4 is 34.8 Å². The van der Waals surface area contributed by atoms with Crippen molar-refractivity contribution in [2.75, 3.05) is 14.2 Å². The molecule has 2 heterocycles. The summed E-state index contributed by atoms with van der Waals surface area (Å²) < 4.78 is 0. The number of carboxylic acid groups (broad SMARTS) is 2. The average molecular weight is 463 g/mol. The minimum Gasteiger partial charge on any atom is -0.481 e. The molecule has 14 nitrogen and oxygen atoms in total. The summed E-state index contributed by atoms with van der Waals surface area (Å²) in [4.78, 5) is 43.5. The number of carbonyl (C=O) groups excluding carboxylic acids is 2. The molecular weight excluding hydrogens is 430 g/mol. The van der Waals surface area contributed by atoms with E-state index < -0.39 is 23.8 Å². The van der Waals surface area contributed by atoms with E-state index >= 15 is 0 Å². The van der Waals surface area contributed by atoms with Crippen molar-refractivity contribution in [1.29, 1.82) is 0 Å². The number of amides is 2. The lowest BCUT2D eigenvalue weighted by Crippen LogP contribution is -2.24. The van der Waals surface area contributed by atoms with Gasteiger partial charge in [-0.15, -0.1) is 5.10 Å². The molecule has 3 rings (SSSR count). The minimum atomic E-state index is -0.833. The van der Waals surface area contributed by atoms with Crippen molar-refractivity contribution in [1.82, 2.24) is 25.7 Å². The second kappa shape index (κ2) is 20.6. The monoisotopic (exact) mass is 463 g/mol. The summed E-state index contributed by atoms with van der Waals surface area (Å²) in [5.74, 6) is -2.68. The van der Waals surface area contributed by atoms with E-state index in [1.54, 1.807) is 26.3 Å². The summed E-state index contributed by atoms with van der Waals surface area (Å²) in [7, 11) is 3.28. The number of rotatable bonds is 1. The number of carboxylic acids is 2. The number of nitrogens with one attached hydrogen (secondary N) is 1. The Morgan fingerprint density at radius 2 is 1.38 bits per heavy atom. The first-order valence-corrected chi connectivity index (χ1v) is 8.10. The number of aliphatic carboxylic acids is 2. The van der Waals surface area contributed by atoms with Crippen LogP contribution in [0.4, 0.5) is 0 Å². The van der Waals surface area contributed by atoms with Gasteiger partial charge >= 0.3 is 0 Å². The predicted molar refractivity (Wildman–Crippen MR) is 114 cm³/mol. The lowest BCUT2D eigenvalue weighted by Gasteiger charge is -1.98. The second-order valence-electron chi connectivity index (χ2n) is 5.01. The van der Waals surface area contributed by atoms with Gasteiger partial charge in [0.05, 0.1) is 7.11 Å². The highest BCUT2D eigenvalue weighted by atomic mass is 16.6. The normalized spacial score (nSPS) is 10.8. The number of fused-ring (bicyclic) bond motifs is 1. The Hall–Kier alpha value is -3.62. The quantitative estimate of drug-likeness (QED) is 0.176. The second-order valence-corrected chi connectivity index (χ2v) is 5.01. The molecule has 0 radical (unpaired) electrons. The topological polar surface area (TPSA) is 204 Å². The fourth-order valence-corrected chi connectivity index (χ4v) is 1.42. The number of nitrogens with zero attached hydrogens (tertiary/aromatic N) is 4. The third kappa shape index (κ3) is 18.4. The fraction of sp³-hybridized carbons (Fsp3) is 0.444. The molecule has 1 aliphatic heterocycles. The Bertz CT molecular complexity index is 773. The highest BCUT2D eigenvalue weighted by molar-refractivity contribution is 6.00. The van der Waals surface area contributed by atoms with Crippen molar-refractivity contribution in [3.63, 3.8) is 0 Å². The van der Waals surface area contributed by atoms with Gasteiger partial charge < -0.3 is 20.3 Å². The van der Waals surface area contributed by atoms with E-state index in [9.17, 15) is 9.59 Å². The van der Waals surface area contributed by atoms with Gasteiger partial charge in [0.1, 0.15) is 11.0 Å². The van der Waals surface area contributed by atoms with Gasteiger partial charge in [-0.25, -0.2) is 5.48 Å². The average Bonchev–Trinajstić information content (AvgIpc) is 3.19. The lowest BCUT2D eigenvalue weighted by molar-refractivity contribution is -0.171. The zero-order valence-corrected chi connectivity index (χ0v) is 16.8. The third-order valence-corrected chi connectivity index (χ3v) is 2.56. The number of benzene rings is 1. The molecule has 0 spiro atoms. The van der Waals surface area contributed by atoms with Crippen LogP contribution in [0, 0.1) is 0 Å². The molecule has 184 valence electrons. The molecule has 2 amide bonds. The van der Waals surface area contributed by atoms with Gasteiger partial charge in [-0.1, -0.05) is 31.8 Å². The van der Waals surface area contributed by atoms with E-state index in [4.69, 9.17) is 30.2 Å². The molecule has 1 saturated heterocycles. The summed E-state index contributed by atoms with van der Waals surface area (Å²) >= 11 is 0. The van der Waals surface area contributed by atoms with Crippen LogP contribution in [0.1, 0.15) is 41.5 Å². The SMILES string of the molecule is C.C.CC(=O)O.CC(=O)O.CNOC.O=C1CCC(=O)N1O.On1nnc2ccccc21. The number of aromatic nitrogens is 3. The maximum Gasteiger partial charge on any atom is 0.300 e. The Balaban J connectivity index is -0.000000162. The summed E-state index contributed by atoms with van der Waals surface area (Å²) in [5.41, 5.74) is 3.76. The first-order chi connectivity index (χ1) is 14.0. The van der Waals surface area contributed by atoms with E-state index in [-0.39, 0.29) is 32.8 Å². The molecule has 0 saturated carbocycles. The standard InChI is InChI=1S/C6H5N3O.C4H5NO3.C2H7NO.2C2H4O2.2CH4/c10-9-6-4-2-1-3-5(6)7-8-9;6-3-1-2-4(7)5(3)8;1-3-4-2;2*1-2(3)4;;/h1-4,10H;8H,1-2H2;3H,1-2H3;2*1H3,(H,3,4);2*1H4. The largest absolute Gasteiger partial charge is 0.481 e. The Morgan fingerprint density at radius 3 is 1.66 bits per heavy atom. The summed E-state index contributed by atoms with van der Waals surface area (Å²) in [6, 6.07) is 7.19. The molecule has 14 heteroatoms. The van der Waals surface area contributed by atoms with Crippen LogP contribution in [0.2, 0.25) is 0 Å². The number of imide groups is 1. The molecule has 0 bridgehead atoms. The molecule has 0 atom stereocenters. The smallest absolute Gasteiger partial charge is 0.300 e. The number of hydroxylamine groups is 3. The van der Waals surface area contributed by atoms with Gasteiger partial charge in [-0.2, -0.15) is 5.06 Å². The highest BCUT2D eigenvalue weighted by Gasteiger charge is 2.26. The molecule has 1 aliphatic rings. The van der Waals surface area contributed by atoms with Crippen molar-refractivity contribution in [3.05, 3.63) is 24.3 Å². The van der Waals surface area contributed by atoms with E-state index in [0.29, 0.717) is 11.0 Å². The summed E-state index contributed by atoms with van der Waals surface area (Å²) in [5, 5.41) is 39.5. The number of hydrogen-bond donors (Lipinski definition) is 5. The van der Waals surface area contributed by atoms with E-state index in [0.717, 1.165) is 18.7 Å². The lowest BCUT2D eigenvalue weighted by atomic mass is 10.3. The summed E-state index contributed by atoms with van der Waals surface area (Å²) in [6.07, 6.45) is 0.296. The molecule has 32 heavy (non-hydrogen) atoms. The number of carbonyl (C=O) groups is 4. The highest BCUT2D eigenvalue weighted by Crippen LogP contribution is 2.07. The van der Waals surface area contributed by atoms with Crippen molar-refractivity contribution in [2.24, 2.45) is 0 Å². The van der Waals surface area contributed by atoms with Gasteiger partial charge in [0, 0.05) is 33.7 Å². The Morgan fingerprint density at radius 1 is 1.00 bits per heavy atom. The van der Waals surface area contributed by atoms with Crippen LogP contribution < -0.4 is 5.48 Å². The Kier molecular flexibility index (Phi) is 23.1. The third-order valence-electron chi connectivity index (χ3n) is 2.56. The van der Waals surface area contributed by atoms with Crippen molar-refractivity contribution < 1.29 is 44.6 Å². The van der Waals surface area contributed by atoms with Crippen molar-refractivity contribution in [2.45, 2.75) is 41.5 Å². The zero-order valence-electron chi connectivity index (χ0n) is 16.8. The number of para-hydroxylation sites is 1. The minimum absolute atomic E-state index is 0. The maximum atomic E-state index is 10.2. The number of hydrogen-bond acceptors (Lipinski definition) is 10. The molecule has 0 unspecified atom stereocenters. The van der Waals surface area contributed by atoms with Crippen molar-refractivity contribution in [3.8, 4) is 0 Å². The summed E-state index contributed by atoms with van der Waals surface area (Å²) in [6.45, 7) is 2.17. The molecule has 1 aromatic carbocycles. The van der Waals surface area contributed by atoms with Crippen LogP contribution in [-0.4, -0.2) is 78.8 Å². The predicted octanol–water partition coefficient (Wildman–Crippen LogP) is 1.41. The molecule has 2 aromatic rings. The van der Waals surface area contributed by atoms with Gasteiger partial charge in [-0.3, -0.25) is 24.4 Å². The van der Waals surface area contributed by atoms with Gasteiger partial charge in [-0.05, 0) is 17.3 Å². The van der Waals surface area contributed by atoms with Gasteiger partial charge in [0.25, 0.3) is 23.8 Å². The first kappa shape index (κ1) is 35.8. The molecule has 5 N–H and O–H groups in total. The van der Waals surface area contributed by atoms with Crippen LogP contribution in [0.3, 0.4) is 0 Å². The van der Waals surface area contributed by atoms with Gasteiger partial charge in [0.15, 0.2) is 0 Å². The van der Waals surface area contributed by atoms with E-state index in [1.165, 1.54) is 0 Å². The van der Waals surface area contributed by atoms with Crippen LogP contribution in [0.5, 0.6) is 0 Å². The first-order valence-electron chi connectivity index (χ1n) is 8.10. The van der Waals surface area contributed by atoms with Gasteiger partial charge in [0.2, 0.25) is 0 Å². The van der Waals surface area contributed by atoms with E-state index in [1.807, 2.05) is 12.1 Å². The molecular formula is C18H33N5O9. The van der Waals surface area contributed by atoms with Crippen LogP contribution >= 0.6 is 0 Å². The molecule has 1 aromatic heterocycles.